The molecule has 0 saturated heterocycles. The molecule has 1 aromatic carbocycles. The zero-order chi connectivity index (χ0) is 14.2. The summed E-state index contributed by atoms with van der Waals surface area (Å²) >= 11 is 1.61. The van der Waals surface area contributed by atoms with Gasteiger partial charge in [0.1, 0.15) is 5.82 Å². The molecule has 1 aliphatic rings. The number of halogens is 1. The van der Waals surface area contributed by atoms with E-state index < -0.39 is 0 Å². The van der Waals surface area contributed by atoms with Crippen molar-refractivity contribution in [1.29, 1.82) is 0 Å². The summed E-state index contributed by atoms with van der Waals surface area (Å²) in [7, 11) is 2.01. The highest BCUT2D eigenvalue weighted by Gasteiger charge is 2.14. The Bertz CT molecular complexity index is 444. The Kier molecular flexibility index (Phi) is 6.61. The van der Waals surface area contributed by atoms with Crippen molar-refractivity contribution in [2.24, 2.45) is 0 Å². The van der Waals surface area contributed by atoms with Crippen LogP contribution in [-0.2, 0) is 0 Å². The van der Waals surface area contributed by atoms with Crippen molar-refractivity contribution in [3.8, 4) is 0 Å². The van der Waals surface area contributed by atoms with Gasteiger partial charge in [-0.15, -0.1) is 11.8 Å². The fraction of sp³-hybridized carbons (Fsp3) is 0.529. The van der Waals surface area contributed by atoms with Crippen molar-refractivity contribution in [3.05, 3.63) is 41.7 Å². The monoisotopic (exact) mass is 293 g/mol. The van der Waals surface area contributed by atoms with Crippen molar-refractivity contribution in [2.75, 3.05) is 12.8 Å². The van der Waals surface area contributed by atoms with Crippen LogP contribution in [0.2, 0.25) is 0 Å². The molecule has 2 rings (SSSR count). The number of thioether (sulfide) groups is 1. The Morgan fingerprint density at radius 3 is 2.80 bits per heavy atom. The Hall–Kier alpha value is -0.800. The minimum absolute atomic E-state index is 0.112. The Labute approximate surface area is 126 Å². The Balaban J connectivity index is 1.96. The maximum atomic E-state index is 13.6. The molecule has 0 aliphatic heterocycles. The summed E-state index contributed by atoms with van der Waals surface area (Å²) in [5.41, 5.74) is 1.51. The van der Waals surface area contributed by atoms with Crippen LogP contribution in [0, 0.1) is 5.82 Å². The lowest BCUT2D eigenvalue weighted by Crippen LogP contribution is -2.30. The third-order valence-corrected chi connectivity index (χ3v) is 5.01. The van der Waals surface area contributed by atoms with Gasteiger partial charge in [-0.2, -0.15) is 0 Å². The molecule has 0 spiro atoms. The van der Waals surface area contributed by atoms with E-state index in [4.69, 9.17) is 0 Å². The van der Waals surface area contributed by atoms with E-state index in [1.165, 1.54) is 50.2 Å². The van der Waals surface area contributed by atoms with Crippen LogP contribution in [0.15, 0.2) is 40.8 Å². The molecular weight excluding hydrogens is 269 g/mol. The lowest BCUT2D eigenvalue weighted by atomic mass is 9.96. The molecule has 0 heterocycles. The van der Waals surface area contributed by atoms with Crippen LogP contribution in [0.3, 0.4) is 0 Å². The van der Waals surface area contributed by atoms with Gasteiger partial charge < -0.3 is 5.32 Å². The molecule has 20 heavy (non-hydrogen) atoms. The minimum Gasteiger partial charge on any atom is -0.313 e. The van der Waals surface area contributed by atoms with Gasteiger partial charge in [0.15, 0.2) is 0 Å². The minimum atomic E-state index is -0.112. The fourth-order valence-corrected chi connectivity index (χ4v) is 3.75. The van der Waals surface area contributed by atoms with Gasteiger partial charge in [-0.05, 0) is 44.9 Å². The molecule has 1 nitrogen and oxygen atoms in total. The van der Waals surface area contributed by atoms with Crippen LogP contribution in [0.1, 0.15) is 38.5 Å². The molecule has 1 N–H and O–H groups in total. The van der Waals surface area contributed by atoms with Crippen molar-refractivity contribution in [3.63, 3.8) is 0 Å². The zero-order valence-corrected chi connectivity index (χ0v) is 13.0. The SMILES string of the molecule is CNC(CSc1ccccc1F)/C1=C/CCCCCC1. The molecule has 0 fully saturated rings. The summed E-state index contributed by atoms with van der Waals surface area (Å²) in [4.78, 5) is 0.749. The molecule has 1 aliphatic carbocycles. The largest absolute Gasteiger partial charge is 0.313 e. The van der Waals surface area contributed by atoms with Gasteiger partial charge in [0, 0.05) is 16.7 Å². The molecule has 0 bridgehead atoms. The second-order valence-electron chi connectivity index (χ2n) is 5.31. The third kappa shape index (κ3) is 4.64. The highest BCUT2D eigenvalue weighted by atomic mass is 32.2. The van der Waals surface area contributed by atoms with Crippen LogP contribution in [0.25, 0.3) is 0 Å². The van der Waals surface area contributed by atoms with Gasteiger partial charge in [0.05, 0.1) is 0 Å². The van der Waals surface area contributed by atoms with Crippen molar-refractivity contribution in [1.82, 2.24) is 5.32 Å². The fourth-order valence-electron chi connectivity index (χ4n) is 2.64. The van der Waals surface area contributed by atoms with E-state index in [2.05, 4.69) is 11.4 Å². The van der Waals surface area contributed by atoms with Crippen molar-refractivity contribution >= 4 is 11.8 Å². The van der Waals surface area contributed by atoms with Gasteiger partial charge in [-0.25, -0.2) is 4.39 Å². The summed E-state index contributed by atoms with van der Waals surface area (Å²) in [6.45, 7) is 0. The average molecular weight is 293 g/mol. The number of allylic oxidation sites excluding steroid dienone is 1. The first kappa shape index (κ1) is 15.6. The lowest BCUT2D eigenvalue weighted by Gasteiger charge is -2.21. The average Bonchev–Trinajstić information content (AvgIpc) is 2.42. The Morgan fingerprint density at radius 2 is 2.00 bits per heavy atom. The standard InChI is InChI=1S/C17H24FNS/c1-19-16(14-9-5-3-2-4-6-10-14)13-20-17-12-8-7-11-15(17)18/h7-9,11-12,16,19H,2-6,10,13H2,1H3/b14-9+. The maximum Gasteiger partial charge on any atom is 0.136 e. The van der Waals surface area contributed by atoms with Gasteiger partial charge in [0.2, 0.25) is 0 Å². The molecule has 1 unspecified atom stereocenters. The second kappa shape index (κ2) is 8.48. The van der Waals surface area contributed by atoms with Crippen molar-refractivity contribution in [2.45, 2.75) is 49.5 Å². The second-order valence-corrected chi connectivity index (χ2v) is 6.38. The molecule has 0 saturated carbocycles. The first-order valence-electron chi connectivity index (χ1n) is 7.55. The molecule has 0 amide bonds. The lowest BCUT2D eigenvalue weighted by molar-refractivity contribution is 0.582. The first-order valence-corrected chi connectivity index (χ1v) is 8.53. The highest BCUT2D eigenvalue weighted by molar-refractivity contribution is 7.99. The van der Waals surface area contributed by atoms with Crippen LogP contribution in [-0.4, -0.2) is 18.8 Å². The van der Waals surface area contributed by atoms with Crippen LogP contribution >= 0.6 is 11.8 Å². The molecule has 110 valence electrons. The van der Waals surface area contributed by atoms with Gasteiger partial charge in [0.25, 0.3) is 0 Å². The van der Waals surface area contributed by atoms with E-state index in [0.29, 0.717) is 6.04 Å². The first-order chi connectivity index (χ1) is 9.81. The summed E-state index contributed by atoms with van der Waals surface area (Å²) in [6.07, 6.45) is 10.1. The predicted molar refractivity (Wildman–Crippen MR) is 85.8 cm³/mol. The molecule has 1 aromatic rings. The summed E-state index contributed by atoms with van der Waals surface area (Å²) in [6, 6.07) is 7.39. The number of likely N-dealkylation sites (N-methyl/N-ethyl adjacent to an activating group) is 1. The van der Waals surface area contributed by atoms with E-state index in [1.807, 2.05) is 19.2 Å². The third-order valence-electron chi connectivity index (χ3n) is 3.86. The van der Waals surface area contributed by atoms with E-state index in [0.717, 1.165) is 10.6 Å². The summed E-state index contributed by atoms with van der Waals surface area (Å²) in [5, 5.41) is 3.40. The van der Waals surface area contributed by atoms with Gasteiger partial charge in [-0.1, -0.05) is 36.6 Å². The van der Waals surface area contributed by atoms with E-state index in [-0.39, 0.29) is 5.82 Å². The molecule has 0 radical (unpaired) electrons. The van der Waals surface area contributed by atoms with Crippen LogP contribution in [0.4, 0.5) is 4.39 Å². The quantitative estimate of drug-likeness (QED) is 0.619. The predicted octanol–water partition coefficient (Wildman–Crippen LogP) is 4.79. The van der Waals surface area contributed by atoms with Gasteiger partial charge in [-0.3, -0.25) is 0 Å². The number of rotatable bonds is 5. The number of hydrogen-bond donors (Lipinski definition) is 1. The molecule has 0 aromatic heterocycles. The smallest absolute Gasteiger partial charge is 0.136 e. The number of benzene rings is 1. The number of hydrogen-bond acceptors (Lipinski definition) is 2. The van der Waals surface area contributed by atoms with E-state index in [9.17, 15) is 4.39 Å². The highest BCUT2D eigenvalue weighted by Crippen LogP contribution is 2.26. The van der Waals surface area contributed by atoms with Crippen molar-refractivity contribution < 1.29 is 4.39 Å². The zero-order valence-electron chi connectivity index (χ0n) is 12.2. The van der Waals surface area contributed by atoms with Crippen LogP contribution < -0.4 is 5.32 Å². The summed E-state index contributed by atoms with van der Waals surface area (Å²) in [5.74, 6) is 0.780. The molecular formula is C17H24FNS. The molecule has 1 atom stereocenters. The summed E-state index contributed by atoms with van der Waals surface area (Å²) < 4.78 is 13.6. The topological polar surface area (TPSA) is 12.0 Å². The molecule has 3 heteroatoms. The normalized spacial score (nSPS) is 20.6. The maximum absolute atomic E-state index is 13.6. The van der Waals surface area contributed by atoms with E-state index >= 15 is 0 Å². The Morgan fingerprint density at radius 1 is 1.20 bits per heavy atom. The van der Waals surface area contributed by atoms with Crippen LogP contribution in [0.5, 0.6) is 0 Å². The van der Waals surface area contributed by atoms with Gasteiger partial charge >= 0.3 is 0 Å². The number of nitrogens with one attached hydrogen (secondary N) is 1. The van der Waals surface area contributed by atoms with E-state index in [1.54, 1.807) is 17.8 Å².